The fraction of sp³-hybridized carbons (Fsp3) is 0.333. The molecule has 20 heavy (non-hydrogen) atoms. The smallest absolute Gasteiger partial charge is 0.195 e. The highest BCUT2D eigenvalue weighted by Gasteiger charge is 2.09. The maximum absolute atomic E-state index is 5.60. The van der Waals surface area contributed by atoms with Crippen molar-refractivity contribution in [1.29, 1.82) is 0 Å². The summed E-state index contributed by atoms with van der Waals surface area (Å²) in [4.78, 5) is 4.43. The van der Waals surface area contributed by atoms with Gasteiger partial charge in [-0.1, -0.05) is 12.1 Å². The summed E-state index contributed by atoms with van der Waals surface area (Å²) in [5, 5.41) is 7.32. The predicted octanol–water partition coefficient (Wildman–Crippen LogP) is 3.61. The van der Waals surface area contributed by atoms with Gasteiger partial charge >= 0.3 is 0 Å². The van der Waals surface area contributed by atoms with Crippen LogP contribution in [0.5, 0.6) is 0 Å². The van der Waals surface area contributed by atoms with E-state index in [2.05, 4.69) is 15.5 Å². The van der Waals surface area contributed by atoms with Crippen LogP contribution in [-0.2, 0) is 13.0 Å². The van der Waals surface area contributed by atoms with Crippen molar-refractivity contribution < 1.29 is 8.94 Å². The Labute approximate surface area is 117 Å². The number of aromatic nitrogens is 2. The van der Waals surface area contributed by atoms with Crippen LogP contribution in [0, 0.1) is 13.8 Å². The van der Waals surface area contributed by atoms with Gasteiger partial charge < -0.3 is 14.3 Å². The second kappa shape index (κ2) is 5.00. The molecular formula is C15H17N3O2. The van der Waals surface area contributed by atoms with Crippen molar-refractivity contribution >= 4 is 16.8 Å². The minimum atomic E-state index is 0.686. The van der Waals surface area contributed by atoms with Crippen LogP contribution in [0.1, 0.15) is 29.8 Å². The van der Waals surface area contributed by atoms with Crippen molar-refractivity contribution in [3.63, 3.8) is 0 Å². The number of hydrogen-bond donors (Lipinski definition) is 1. The number of benzene rings is 1. The molecule has 1 aromatic carbocycles. The van der Waals surface area contributed by atoms with Crippen LogP contribution in [0.25, 0.3) is 11.1 Å². The Morgan fingerprint density at radius 2 is 2.10 bits per heavy atom. The topological polar surface area (TPSA) is 64.1 Å². The summed E-state index contributed by atoms with van der Waals surface area (Å²) in [6.45, 7) is 6.58. The van der Waals surface area contributed by atoms with Crippen LogP contribution in [0.4, 0.5) is 5.69 Å². The molecule has 0 spiro atoms. The molecule has 0 atom stereocenters. The quantitative estimate of drug-likeness (QED) is 0.785. The number of rotatable bonds is 4. The molecule has 0 aliphatic carbocycles. The molecule has 0 saturated carbocycles. The maximum Gasteiger partial charge on any atom is 0.195 e. The molecule has 5 heteroatoms. The number of anilines is 1. The molecule has 104 valence electrons. The Kier molecular flexibility index (Phi) is 3.18. The van der Waals surface area contributed by atoms with E-state index in [1.165, 1.54) is 0 Å². The molecule has 3 rings (SSSR count). The van der Waals surface area contributed by atoms with Gasteiger partial charge in [0.1, 0.15) is 11.3 Å². The van der Waals surface area contributed by atoms with E-state index in [9.17, 15) is 0 Å². The normalized spacial score (nSPS) is 11.2. The summed E-state index contributed by atoms with van der Waals surface area (Å²) in [5.41, 5.74) is 4.73. The first kappa shape index (κ1) is 12.7. The largest absolute Gasteiger partial charge is 0.441 e. The van der Waals surface area contributed by atoms with Crippen LogP contribution >= 0.6 is 0 Å². The number of oxazole rings is 1. The number of nitrogens with zero attached hydrogens (tertiary/aromatic N) is 2. The molecule has 0 aliphatic heterocycles. The highest BCUT2D eigenvalue weighted by Crippen LogP contribution is 2.21. The van der Waals surface area contributed by atoms with E-state index >= 15 is 0 Å². The highest BCUT2D eigenvalue weighted by molar-refractivity contribution is 5.77. The van der Waals surface area contributed by atoms with Gasteiger partial charge in [0, 0.05) is 24.2 Å². The third kappa shape index (κ3) is 2.27. The zero-order valence-corrected chi connectivity index (χ0v) is 11.9. The van der Waals surface area contributed by atoms with Gasteiger partial charge in [-0.15, -0.1) is 0 Å². The zero-order valence-electron chi connectivity index (χ0n) is 11.9. The fourth-order valence-electron chi connectivity index (χ4n) is 2.18. The fourth-order valence-corrected chi connectivity index (χ4v) is 2.18. The number of aryl methyl sites for hydroxylation is 3. The van der Waals surface area contributed by atoms with E-state index in [-0.39, 0.29) is 0 Å². The summed E-state index contributed by atoms with van der Waals surface area (Å²) in [5.74, 6) is 1.62. The second-order valence-electron chi connectivity index (χ2n) is 4.80. The molecule has 1 N–H and O–H groups in total. The number of nitrogens with one attached hydrogen (secondary N) is 1. The molecule has 0 fully saturated rings. The van der Waals surface area contributed by atoms with Gasteiger partial charge in [0.05, 0.1) is 5.69 Å². The SMILES string of the molecule is CCc1nc2cc(NCc3c(C)noc3C)ccc2o1. The monoisotopic (exact) mass is 271 g/mol. The molecule has 2 aromatic heterocycles. The van der Waals surface area contributed by atoms with E-state index in [4.69, 9.17) is 8.94 Å². The van der Waals surface area contributed by atoms with Gasteiger partial charge in [-0.25, -0.2) is 4.98 Å². The summed E-state index contributed by atoms with van der Waals surface area (Å²) in [7, 11) is 0. The first-order valence-corrected chi connectivity index (χ1v) is 6.72. The van der Waals surface area contributed by atoms with Crippen LogP contribution in [0.15, 0.2) is 27.1 Å². The lowest BCUT2D eigenvalue weighted by Gasteiger charge is -2.05. The van der Waals surface area contributed by atoms with Crippen molar-refractivity contribution in [1.82, 2.24) is 10.1 Å². The highest BCUT2D eigenvalue weighted by atomic mass is 16.5. The van der Waals surface area contributed by atoms with Crippen LogP contribution in [0.2, 0.25) is 0 Å². The molecule has 5 nitrogen and oxygen atoms in total. The molecular weight excluding hydrogens is 254 g/mol. The van der Waals surface area contributed by atoms with Crippen molar-refractivity contribution in [3.8, 4) is 0 Å². The lowest BCUT2D eigenvalue weighted by Crippen LogP contribution is -2.01. The van der Waals surface area contributed by atoms with Crippen molar-refractivity contribution in [2.75, 3.05) is 5.32 Å². The molecule has 0 amide bonds. The lowest BCUT2D eigenvalue weighted by atomic mass is 10.2. The van der Waals surface area contributed by atoms with Gasteiger partial charge in [-0.2, -0.15) is 0 Å². The van der Waals surface area contributed by atoms with Crippen molar-refractivity contribution in [3.05, 3.63) is 41.1 Å². The Morgan fingerprint density at radius 3 is 2.80 bits per heavy atom. The first-order valence-electron chi connectivity index (χ1n) is 6.72. The molecule has 0 saturated heterocycles. The minimum Gasteiger partial charge on any atom is -0.441 e. The Balaban J connectivity index is 1.80. The number of fused-ring (bicyclic) bond motifs is 1. The predicted molar refractivity (Wildman–Crippen MR) is 76.7 cm³/mol. The van der Waals surface area contributed by atoms with Gasteiger partial charge in [0.15, 0.2) is 11.5 Å². The molecule has 2 heterocycles. The van der Waals surface area contributed by atoms with Gasteiger partial charge in [0.2, 0.25) is 0 Å². The number of hydrogen-bond acceptors (Lipinski definition) is 5. The Morgan fingerprint density at radius 1 is 1.25 bits per heavy atom. The van der Waals surface area contributed by atoms with Crippen LogP contribution < -0.4 is 5.32 Å². The molecule has 0 radical (unpaired) electrons. The Bertz CT molecular complexity index is 723. The Hall–Kier alpha value is -2.30. The van der Waals surface area contributed by atoms with E-state index in [0.717, 1.165) is 46.1 Å². The van der Waals surface area contributed by atoms with Gasteiger partial charge in [0.25, 0.3) is 0 Å². The average molecular weight is 271 g/mol. The minimum absolute atomic E-state index is 0.686. The third-order valence-electron chi connectivity index (χ3n) is 3.38. The summed E-state index contributed by atoms with van der Waals surface area (Å²) in [6, 6.07) is 5.93. The van der Waals surface area contributed by atoms with E-state index in [0.29, 0.717) is 6.54 Å². The molecule has 0 bridgehead atoms. The molecule has 3 aromatic rings. The summed E-state index contributed by atoms with van der Waals surface area (Å²) >= 11 is 0. The first-order chi connectivity index (χ1) is 9.67. The molecule has 0 aliphatic rings. The van der Waals surface area contributed by atoms with Crippen LogP contribution in [0.3, 0.4) is 0 Å². The van der Waals surface area contributed by atoms with E-state index in [1.54, 1.807) is 0 Å². The lowest BCUT2D eigenvalue weighted by molar-refractivity contribution is 0.392. The maximum atomic E-state index is 5.60. The van der Waals surface area contributed by atoms with Crippen molar-refractivity contribution in [2.45, 2.75) is 33.7 Å². The zero-order chi connectivity index (χ0) is 14.1. The van der Waals surface area contributed by atoms with Crippen LogP contribution in [-0.4, -0.2) is 10.1 Å². The van der Waals surface area contributed by atoms with Gasteiger partial charge in [-0.3, -0.25) is 0 Å². The summed E-state index contributed by atoms with van der Waals surface area (Å²) in [6.07, 6.45) is 0.802. The van der Waals surface area contributed by atoms with Crippen molar-refractivity contribution in [2.24, 2.45) is 0 Å². The van der Waals surface area contributed by atoms with Gasteiger partial charge in [-0.05, 0) is 32.0 Å². The third-order valence-corrected chi connectivity index (χ3v) is 3.38. The second-order valence-corrected chi connectivity index (χ2v) is 4.80. The van der Waals surface area contributed by atoms with E-state index in [1.807, 2.05) is 39.0 Å². The molecule has 0 unspecified atom stereocenters. The van der Waals surface area contributed by atoms with E-state index < -0.39 is 0 Å². The summed E-state index contributed by atoms with van der Waals surface area (Å²) < 4.78 is 10.8. The average Bonchev–Trinajstić information content (AvgIpc) is 3.00. The standard InChI is InChI=1S/C15H17N3O2/c1-4-15-17-13-7-11(5-6-14(13)19-15)16-8-12-9(2)18-20-10(12)3/h5-7,16H,4,8H2,1-3H3.